The number of aryl methyl sites for hydroxylation is 4. The number of nitrogens with zero attached hydrogens (tertiary/aromatic N) is 2. The van der Waals surface area contributed by atoms with Crippen LogP contribution in [0.5, 0.6) is 0 Å². The summed E-state index contributed by atoms with van der Waals surface area (Å²) in [4.78, 5) is 9.62. The molecule has 0 amide bonds. The van der Waals surface area contributed by atoms with Gasteiger partial charge >= 0.3 is 0 Å². The molecule has 0 bridgehead atoms. The first-order valence-electron chi connectivity index (χ1n) is 27.3. The molecule has 10 aromatic carbocycles. The standard InChI is InChI=1S/C34H28ClNO.C34H27NO.C3H6O/c1-19-6-10-25-28-17-23(34(3,4)5)18-29(35)33(28)36(30(25)12-19)24-9-8-21-15-27-26-11-7-20(2)13-31(26)37-32(27)16-22(21)14-24;1-18-6-8-23-27-16-22(34(3,4)5)17-28-25-12-20-13-26-24-9-7-19(2)11-31(24)36-32(26)15-21(20)14-30(25)35(33(27)28)29(23)10-18;1-3(2)4/h6-18H,1-5H3;6-17H,1-5H3;1-2H3/i;;1D. The fraction of sp³-hybridized carbons (Fsp3) is 0.197. The second-order valence-electron chi connectivity index (χ2n) is 23.8. The maximum atomic E-state index is 9.62. The highest BCUT2D eigenvalue weighted by atomic mass is 35.5. The molecule has 6 heteroatoms. The van der Waals surface area contributed by atoms with Crippen LogP contribution in [0.2, 0.25) is 5.02 Å². The van der Waals surface area contributed by atoms with Gasteiger partial charge < -0.3 is 22.6 Å². The summed E-state index contributed by atoms with van der Waals surface area (Å²) in [6.07, 6.45) is 0. The molecule has 0 radical (unpaired) electrons. The Kier molecular flexibility index (Phi) is 10.6. The summed E-state index contributed by atoms with van der Waals surface area (Å²) >= 11 is 7.05. The lowest BCUT2D eigenvalue weighted by Gasteiger charge is -2.20. The molecule has 5 nitrogen and oxygen atoms in total. The smallest absolute Gasteiger partial charge is 0.136 e. The zero-order valence-corrected chi connectivity index (χ0v) is 46.4. The summed E-state index contributed by atoms with van der Waals surface area (Å²) in [5, 5.41) is 18.0. The average molecular weight is 1030 g/mol. The van der Waals surface area contributed by atoms with E-state index in [0.29, 0.717) is 0 Å². The highest BCUT2D eigenvalue weighted by Gasteiger charge is 2.25. The highest BCUT2D eigenvalue weighted by molar-refractivity contribution is 6.37. The number of fused-ring (bicyclic) bond motifs is 17. The van der Waals surface area contributed by atoms with Crippen molar-refractivity contribution in [1.82, 2.24) is 8.97 Å². The zero-order chi connectivity index (χ0) is 54.4. The van der Waals surface area contributed by atoms with Crippen LogP contribution in [0.1, 0.15) is 90.1 Å². The Morgan fingerprint density at radius 1 is 0.429 bits per heavy atom. The Hall–Kier alpha value is -8.12. The number of halogens is 1. The van der Waals surface area contributed by atoms with Crippen molar-refractivity contribution in [1.29, 1.82) is 0 Å². The van der Waals surface area contributed by atoms with Gasteiger partial charge in [0, 0.05) is 60.9 Å². The predicted molar refractivity (Wildman–Crippen MR) is 329 cm³/mol. The average Bonchev–Trinajstić information content (AvgIpc) is 4.24. The molecule has 5 heterocycles. The van der Waals surface area contributed by atoms with Gasteiger partial charge in [-0.25, -0.2) is 0 Å². The summed E-state index contributed by atoms with van der Waals surface area (Å²) in [7, 11) is 0. The molecule has 0 aliphatic carbocycles. The van der Waals surface area contributed by atoms with Gasteiger partial charge in [-0.2, -0.15) is 0 Å². The lowest BCUT2D eigenvalue weighted by Crippen LogP contribution is -2.10. The molecule has 380 valence electrons. The van der Waals surface area contributed by atoms with E-state index in [-0.39, 0.29) is 23.5 Å². The van der Waals surface area contributed by atoms with Crippen LogP contribution in [0.3, 0.4) is 0 Å². The van der Waals surface area contributed by atoms with Crippen LogP contribution in [0.4, 0.5) is 0 Å². The predicted octanol–water partition coefficient (Wildman–Crippen LogP) is 20.8. The first kappa shape index (κ1) is 47.3. The third-order valence-electron chi connectivity index (χ3n) is 15.8. The lowest BCUT2D eigenvalue weighted by molar-refractivity contribution is -0.115. The number of furan rings is 2. The molecule has 15 aromatic rings. The molecular formula is C71H61ClN2O3. The van der Waals surface area contributed by atoms with Gasteiger partial charge in [0.1, 0.15) is 28.1 Å². The third-order valence-corrected chi connectivity index (χ3v) is 16.1. The number of hydrogen-bond donors (Lipinski definition) is 0. The van der Waals surface area contributed by atoms with E-state index >= 15 is 0 Å². The molecule has 0 N–H and O–H groups in total. The summed E-state index contributed by atoms with van der Waals surface area (Å²) in [5.74, 6) is -0.0787. The monoisotopic (exact) mass is 1030 g/mol. The molecule has 0 spiro atoms. The second kappa shape index (κ2) is 17.2. The molecular weight excluding hydrogens is 964 g/mol. The number of ketones is 1. The number of carbonyl (C=O) groups excluding carboxylic acids is 1. The fourth-order valence-electron chi connectivity index (χ4n) is 11.9. The van der Waals surface area contributed by atoms with Crippen LogP contribution in [-0.4, -0.2) is 14.8 Å². The van der Waals surface area contributed by atoms with E-state index < -0.39 is 0 Å². The minimum atomic E-state index is -0.0833. The molecule has 0 aliphatic heterocycles. The van der Waals surface area contributed by atoms with Crippen LogP contribution >= 0.6 is 11.6 Å². The zero-order valence-electron chi connectivity index (χ0n) is 46.6. The summed E-state index contributed by atoms with van der Waals surface area (Å²) in [6, 6.07) is 56.1. The van der Waals surface area contributed by atoms with Crippen LogP contribution < -0.4 is 0 Å². The summed E-state index contributed by atoms with van der Waals surface area (Å²) in [5.41, 5.74) is 18.6. The number of aromatic nitrogens is 2. The summed E-state index contributed by atoms with van der Waals surface area (Å²) < 4.78 is 23.7. The Labute approximate surface area is 454 Å². The number of benzene rings is 10. The van der Waals surface area contributed by atoms with Crippen molar-refractivity contribution in [3.63, 3.8) is 0 Å². The van der Waals surface area contributed by atoms with E-state index in [2.05, 4.69) is 230 Å². The summed E-state index contributed by atoms with van der Waals surface area (Å²) in [6.45, 7) is 23.5. The third kappa shape index (κ3) is 7.92. The Bertz CT molecular complexity index is 5010. The van der Waals surface area contributed by atoms with Crippen molar-refractivity contribution in [2.45, 2.75) is 93.9 Å². The highest BCUT2D eigenvalue weighted by Crippen LogP contribution is 2.45. The number of rotatable bonds is 1. The normalized spacial score (nSPS) is 12.7. The first-order chi connectivity index (χ1) is 37.2. The van der Waals surface area contributed by atoms with Gasteiger partial charge in [0.25, 0.3) is 0 Å². The largest absolute Gasteiger partial charge is 0.456 e. The van der Waals surface area contributed by atoms with Gasteiger partial charge in [-0.3, -0.25) is 0 Å². The van der Waals surface area contributed by atoms with Crippen molar-refractivity contribution in [2.24, 2.45) is 0 Å². The first-order valence-corrected chi connectivity index (χ1v) is 27.0. The molecule has 0 unspecified atom stereocenters. The van der Waals surface area contributed by atoms with Gasteiger partial charge in [0.05, 0.1) is 32.6 Å². The minimum Gasteiger partial charge on any atom is -0.456 e. The Morgan fingerprint density at radius 3 is 1.43 bits per heavy atom. The maximum absolute atomic E-state index is 9.62. The topological polar surface area (TPSA) is 52.7 Å². The second-order valence-corrected chi connectivity index (χ2v) is 24.2. The van der Waals surface area contributed by atoms with E-state index in [1.165, 1.54) is 122 Å². The van der Waals surface area contributed by atoms with Crippen molar-refractivity contribution in [3.05, 3.63) is 190 Å². The van der Waals surface area contributed by atoms with Gasteiger partial charge in [-0.15, -0.1) is 0 Å². The molecule has 0 fully saturated rings. The van der Waals surface area contributed by atoms with Gasteiger partial charge in [-0.1, -0.05) is 108 Å². The van der Waals surface area contributed by atoms with Crippen LogP contribution in [0.25, 0.3) is 131 Å². The van der Waals surface area contributed by atoms with Crippen molar-refractivity contribution in [3.8, 4) is 5.69 Å². The SMILES string of the molecule is Cc1ccc2c(c1)oc1cc3cc(-n4c5cc(C)ccc5c5cc(C(C)(C)C)cc(Cl)c54)ccc3cc12.Cc1ccc2c(c1)oc1cc3cc4c(cc3cc12)c1cc(C(C)(C)C)cc2c3ccc(C)cc3n4c21.[2H]CC(C)=O. The van der Waals surface area contributed by atoms with E-state index in [1.54, 1.807) is 0 Å². The Morgan fingerprint density at radius 2 is 0.857 bits per heavy atom. The molecule has 77 heavy (non-hydrogen) atoms. The number of hydrogen-bond acceptors (Lipinski definition) is 3. The quantitative estimate of drug-likeness (QED) is 0.165. The van der Waals surface area contributed by atoms with Crippen molar-refractivity contribution < 1.29 is 15.0 Å². The molecule has 15 rings (SSSR count). The van der Waals surface area contributed by atoms with Crippen LogP contribution in [0.15, 0.2) is 160 Å². The van der Waals surface area contributed by atoms with E-state index in [1.807, 2.05) is 0 Å². The van der Waals surface area contributed by atoms with Crippen molar-refractivity contribution in [2.75, 3.05) is 0 Å². The maximum Gasteiger partial charge on any atom is 0.136 e. The molecule has 0 saturated heterocycles. The molecule has 5 aromatic heterocycles. The fourth-order valence-corrected chi connectivity index (χ4v) is 12.2. The Balaban J connectivity index is 0.000000137. The van der Waals surface area contributed by atoms with Gasteiger partial charge in [0.2, 0.25) is 0 Å². The van der Waals surface area contributed by atoms with Gasteiger partial charge in [-0.05, 0) is 204 Å². The van der Waals surface area contributed by atoms with Crippen LogP contribution in [0, 0.1) is 27.7 Å². The minimum absolute atomic E-state index is 0.0103. The lowest BCUT2D eigenvalue weighted by atomic mass is 9.85. The number of carbonyl (C=O) groups is 1. The van der Waals surface area contributed by atoms with E-state index in [0.717, 1.165) is 54.7 Å². The van der Waals surface area contributed by atoms with Gasteiger partial charge in [0.15, 0.2) is 0 Å². The molecule has 0 atom stereocenters. The van der Waals surface area contributed by atoms with Crippen LogP contribution in [-0.2, 0) is 15.6 Å². The number of Topliss-reactive ketones (excluding diaryl/α,β-unsaturated/α-hetero) is 1. The molecule has 0 aliphatic rings. The molecule has 0 saturated carbocycles. The van der Waals surface area contributed by atoms with Crippen molar-refractivity contribution >= 4 is 143 Å². The van der Waals surface area contributed by atoms with E-state index in [9.17, 15) is 4.79 Å². The van der Waals surface area contributed by atoms with E-state index in [4.69, 9.17) is 21.8 Å².